The molecule has 0 amide bonds. The number of methoxy groups -OCH3 is 1. The number of rotatable bonds is 4. The number of phenolic OH excluding ortho intramolecular Hbond substituents is 1. The Morgan fingerprint density at radius 3 is 2.87 bits per heavy atom. The van der Waals surface area contributed by atoms with Gasteiger partial charge in [-0.1, -0.05) is 12.8 Å². The molecule has 82 valence electrons. The van der Waals surface area contributed by atoms with E-state index in [2.05, 4.69) is 0 Å². The van der Waals surface area contributed by atoms with Crippen molar-refractivity contribution in [2.75, 3.05) is 7.11 Å². The van der Waals surface area contributed by atoms with E-state index in [1.807, 2.05) is 6.07 Å². The van der Waals surface area contributed by atoms with Gasteiger partial charge in [0.25, 0.3) is 0 Å². The third-order valence-electron chi connectivity index (χ3n) is 2.92. The lowest BCUT2D eigenvalue weighted by Crippen LogP contribution is -2.11. The van der Waals surface area contributed by atoms with Crippen LogP contribution in [-0.4, -0.2) is 12.2 Å². The van der Waals surface area contributed by atoms with E-state index in [0.29, 0.717) is 0 Å². The summed E-state index contributed by atoms with van der Waals surface area (Å²) < 4.78 is 5.11. The summed E-state index contributed by atoms with van der Waals surface area (Å²) in [7, 11) is 1.61. The normalized spacial score (nSPS) is 17.5. The van der Waals surface area contributed by atoms with Crippen LogP contribution in [0.2, 0.25) is 0 Å². The standard InChI is InChI=1S/C12H17NO2/c1-15-9-4-5-12(14)10(7-9)11(13)6-8-2-3-8/h4-5,7-8,11,14H,2-3,6,13H2,1H3/t11-/m0/s1. The number of aromatic hydroxyl groups is 1. The van der Waals surface area contributed by atoms with Crippen molar-refractivity contribution in [1.29, 1.82) is 0 Å². The van der Waals surface area contributed by atoms with E-state index in [9.17, 15) is 5.11 Å². The van der Waals surface area contributed by atoms with Crippen molar-refractivity contribution >= 4 is 0 Å². The minimum atomic E-state index is -0.0763. The molecule has 0 unspecified atom stereocenters. The zero-order chi connectivity index (χ0) is 10.8. The molecule has 15 heavy (non-hydrogen) atoms. The number of ether oxygens (including phenoxy) is 1. The maximum atomic E-state index is 9.70. The molecule has 1 aliphatic carbocycles. The second-order valence-corrected chi connectivity index (χ2v) is 4.21. The predicted octanol–water partition coefficient (Wildman–Crippen LogP) is 2.20. The zero-order valence-corrected chi connectivity index (χ0v) is 8.94. The molecule has 1 aliphatic rings. The van der Waals surface area contributed by atoms with E-state index in [4.69, 9.17) is 10.5 Å². The van der Waals surface area contributed by atoms with Crippen LogP contribution in [0.3, 0.4) is 0 Å². The van der Waals surface area contributed by atoms with Gasteiger partial charge >= 0.3 is 0 Å². The first-order chi connectivity index (χ1) is 7.20. The van der Waals surface area contributed by atoms with Crippen molar-refractivity contribution in [3.8, 4) is 11.5 Å². The molecule has 1 aromatic rings. The van der Waals surface area contributed by atoms with Gasteiger partial charge in [0.05, 0.1) is 7.11 Å². The van der Waals surface area contributed by atoms with Gasteiger partial charge in [-0.3, -0.25) is 0 Å². The first-order valence-electron chi connectivity index (χ1n) is 5.33. The summed E-state index contributed by atoms with van der Waals surface area (Å²) in [5.41, 5.74) is 6.84. The number of hydrogen-bond donors (Lipinski definition) is 2. The molecule has 1 aromatic carbocycles. The van der Waals surface area contributed by atoms with Crippen LogP contribution in [0.1, 0.15) is 30.9 Å². The average Bonchev–Trinajstić information content (AvgIpc) is 3.02. The topological polar surface area (TPSA) is 55.5 Å². The number of hydrogen-bond acceptors (Lipinski definition) is 3. The second-order valence-electron chi connectivity index (χ2n) is 4.21. The van der Waals surface area contributed by atoms with Gasteiger partial charge in [-0.15, -0.1) is 0 Å². The molecule has 0 radical (unpaired) electrons. The minimum absolute atomic E-state index is 0.0763. The van der Waals surface area contributed by atoms with E-state index in [-0.39, 0.29) is 11.8 Å². The highest BCUT2D eigenvalue weighted by Crippen LogP contribution is 2.39. The van der Waals surface area contributed by atoms with Gasteiger partial charge in [0.2, 0.25) is 0 Å². The monoisotopic (exact) mass is 207 g/mol. The Labute approximate surface area is 89.9 Å². The van der Waals surface area contributed by atoms with E-state index in [0.717, 1.165) is 23.7 Å². The van der Waals surface area contributed by atoms with Crippen molar-refractivity contribution in [2.45, 2.75) is 25.3 Å². The van der Waals surface area contributed by atoms with E-state index >= 15 is 0 Å². The Bertz CT molecular complexity index is 347. The lowest BCUT2D eigenvalue weighted by Gasteiger charge is -2.14. The molecule has 0 spiro atoms. The van der Waals surface area contributed by atoms with Crippen LogP contribution in [0.4, 0.5) is 0 Å². The van der Waals surface area contributed by atoms with Crippen LogP contribution in [0.15, 0.2) is 18.2 Å². The van der Waals surface area contributed by atoms with Crippen LogP contribution in [0.25, 0.3) is 0 Å². The maximum Gasteiger partial charge on any atom is 0.120 e. The fraction of sp³-hybridized carbons (Fsp3) is 0.500. The Kier molecular flexibility index (Phi) is 2.82. The molecule has 1 fully saturated rings. The largest absolute Gasteiger partial charge is 0.508 e. The lowest BCUT2D eigenvalue weighted by atomic mass is 10.0. The fourth-order valence-electron chi connectivity index (χ4n) is 1.80. The average molecular weight is 207 g/mol. The van der Waals surface area contributed by atoms with Gasteiger partial charge in [0.1, 0.15) is 11.5 Å². The Hall–Kier alpha value is -1.22. The van der Waals surface area contributed by atoms with E-state index < -0.39 is 0 Å². The van der Waals surface area contributed by atoms with Crippen LogP contribution in [0.5, 0.6) is 11.5 Å². The molecule has 3 nitrogen and oxygen atoms in total. The van der Waals surface area contributed by atoms with Gasteiger partial charge in [-0.2, -0.15) is 0 Å². The molecular weight excluding hydrogens is 190 g/mol. The zero-order valence-electron chi connectivity index (χ0n) is 8.94. The van der Waals surface area contributed by atoms with Crippen molar-refractivity contribution < 1.29 is 9.84 Å². The van der Waals surface area contributed by atoms with E-state index in [1.54, 1.807) is 19.2 Å². The van der Waals surface area contributed by atoms with E-state index in [1.165, 1.54) is 12.8 Å². The highest BCUT2D eigenvalue weighted by Gasteiger charge is 2.25. The molecule has 1 saturated carbocycles. The molecule has 0 bridgehead atoms. The number of benzene rings is 1. The highest BCUT2D eigenvalue weighted by atomic mass is 16.5. The summed E-state index contributed by atoms with van der Waals surface area (Å²) in [4.78, 5) is 0. The Morgan fingerprint density at radius 2 is 2.27 bits per heavy atom. The fourth-order valence-corrected chi connectivity index (χ4v) is 1.80. The van der Waals surface area contributed by atoms with Gasteiger partial charge in [-0.25, -0.2) is 0 Å². The van der Waals surface area contributed by atoms with Gasteiger partial charge < -0.3 is 15.6 Å². The summed E-state index contributed by atoms with van der Waals surface area (Å²) in [5, 5.41) is 9.70. The van der Waals surface area contributed by atoms with Gasteiger partial charge in [-0.05, 0) is 30.5 Å². The third-order valence-corrected chi connectivity index (χ3v) is 2.92. The molecule has 0 aliphatic heterocycles. The van der Waals surface area contributed by atoms with Crippen LogP contribution >= 0.6 is 0 Å². The first kappa shape index (κ1) is 10.3. The number of phenols is 1. The molecule has 1 atom stereocenters. The summed E-state index contributed by atoms with van der Waals surface area (Å²) in [6, 6.07) is 5.12. The lowest BCUT2D eigenvalue weighted by molar-refractivity contribution is 0.408. The molecule has 3 N–H and O–H groups in total. The van der Waals surface area contributed by atoms with Crippen LogP contribution < -0.4 is 10.5 Å². The minimum Gasteiger partial charge on any atom is -0.508 e. The maximum absolute atomic E-state index is 9.70. The third kappa shape index (κ3) is 2.42. The first-order valence-corrected chi connectivity index (χ1v) is 5.33. The Morgan fingerprint density at radius 1 is 1.53 bits per heavy atom. The summed E-state index contributed by atoms with van der Waals surface area (Å²) in [5.74, 6) is 1.77. The second kappa shape index (κ2) is 4.11. The number of nitrogens with two attached hydrogens (primary N) is 1. The summed E-state index contributed by atoms with van der Waals surface area (Å²) in [6.45, 7) is 0. The summed E-state index contributed by atoms with van der Waals surface area (Å²) in [6.07, 6.45) is 3.51. The van der Waals surface area contributed by atoms with Gasteiger partial charge in [0.15, 0.2) is 0 Å². The molecule has 0 heterocycles. The Balaban J connectivity index is 2.16. The van der Waals surface area contributed by atoms with Crippen LogP contribution in [-0.2, 0) is 0 Å². The van der Waals surface area contributed by atoms with Gasteiger partial charge in [0, 0.05) is 11.6 Å². The molecular formula is C12H17NO2. The van der Waals surface area contributed by atoms with Crippen molar-refractivity contribution in [1.82, 2.24) is 0 Å². The quantitative estimate of drug-likeness (QED) is 0.795. The smallest absolute Gasteiger partial charge is 0.120 e. The van der Waals surface area contributed by atoms with Crippen molar-refractivity contribution in [3.63, 3.8) is 0 Å². The molecule has 3 heteroatoms. The molecule has 2 rings (SSSR count). The van der Waals surface area contributed by atoms with Crippen molar-refractivity contribution in [3.05, 3.63) is 23.8 Å². The summed E-state index contributed by atoms with van der Waals surface area (Å²) >= 11 is 0. The van der Waals surface area contributed by atoms with Crippen LogP contribution in [0, 0.1) is 5.92 Å². The molecule has 0 saturated heterocycles. The predicted molar refractivity (Wildman–Crippen MR) is 58.9 cm³/mol. The highest BCUT2D eigenvalue weighted by molar-refractivity contribution is 5.41. The SMILES string of the molecule is COc1ccc(O)c([C@@H](N)CC2CC2)c1. The van der Waals surface area contributed by atoms with Crippen molar-refractivity contribution in [2.24, 2.45) is 11.7 Å². The molecule has 0 aromatic heterocycles.